The monoisotopic (exact) mass is 355 g/mol. The molecule has 0 fully saturated rings. The number of hydrogen-bond donors (Lipinski definition) is 0. The molecule has 3 heteroatoms. The number of hydrogen-bond acceptors (Lipinski definition) is 2. The molecule has 0 atom stereocenters. The van der Waals surface area contributed by atoms with E-state index in [0.29, 0.717) is 0 Å². The van der Waals surface area contributed by atoms with Gasteiger partial charge in [0.1, 0.15) is 0 Å². The fourth-order valence-corrected chi connectivity index (χ4v) is 4.99. The van der Waals surface area contributed by atoms with Gasteiger partial charge < -0.3 is 0 Å². The molecule has 0 aromatic heterocycles. The van der Waals surface area contributed by atoms with E-state index in [1.807, 2.05) is 12.1 Å². The van der Waals surface area contributed by atoms with Crippen molar-refractivity contribution in [3.05, 3.63) is 23.8 Å². The Morgan fingerprint density at radius 2 is 2.17 bits per heavy atom. The maximum absolute atomic E-state index is 5.93. The van der Waals surface area contributed by atoms with Crippen LogP contribution in [0.15, 0.2) is 18.2 Å². The van der Waals surface area contributed by atoms with Gasteiger partial charge in [0.25, 0.3) is 0 Å². The quantitative estimate of drug-likeness (QED) is 0.570. The molecule has 0 unspecified atom stereocenters. The van der Waals surface area contributed by atoms with E-state index >= 15 is 0 Å². The summed E-state index contributed by atoms with van der Waals surface area (Å²) >= 11 is -0.872. The molecule has 1 heterocycles. The van der Waals surface area contributed by atoms with Crippen molar-refractivity contribution in [2.24, 2.45) is 0 Å². The molecule has 1 aliphatic heterocycles. The van der Waals surface area contributed by atoms with Crippen LogP contribution in [0.2, 0.25) is 14.3 Å². The number of fused-ring (bicyclic) bond motifs is 1. The third kappa shape index (κ3) is 4.08. The van der Waals surface area contributed by atoms with Crippen LogP contribution in [0.5, 0.6) is 11.5 Å². The zero-order chi connectivity index (χ0) is 12.8. The summed E-state index contributed by atoms with van der Waals surface area (Å²) in [5.41, 5.74) is 1.27. The summed E-state index contributed by atoms with van der Waals surface area (Å²) in [5.74, 6) is 2.07. The molecule has 0 saturated heterocycles. The van der Waals surface area contributed by atoms with Crippen molar-refractivity contribution in [1.29, 1.82) is 0 Å². The first-order valence-electron chi connectivity index (χ1n) is 6.94. The first kappa shape index (κ1) is 14.0. The fraction of sp³-hybridized carbons (Fsp3) is 0.600. The van der Waals surface area contributed by atoms with E-state index in [0.717, 1.165) is 37.6 Å². The molecule has 1 aromatic rings. The summed E-state index contributed by atoms with van der Waals surface area (Å²) in [6, 6.07) is 6.16. The van der Waals surface area contributed by atoms with Gasteiger partial charge in [0.2, 0.25) is 0 Å². The molecule has 0 aliphatic carbocycles. The molecule has 0 N–H and O–H groups in total. The summed E-state index contributed by atoms with van der Waals surface area (Å²) in [6.07, 6.45) is 4.73. The van der Waals surface area contributed by atoms with Crippen molar-refractivity contribution in [3.8, 4) is 11.5 Å². The van der Waals surface area contributed by atoms with Gasteiger partial charge >= 0.3 is 118 Å². The van der Waals surface area contributed by atoms with E-state index < -0.39 is 19.8 Å². The summed E-state index contributed by atoms with van der Waals surface area (Å²) in [4.78, 5) is 4.93. The van der Waals surface area contributed by atoms with E-state index in [9.17, 15) is 0 Å². The molecular formula is C15H23O2Sn. The van der Waals surface area contributed by atoms with Crippen molar-refractivity contribution in [2.45, 2.75) is 40.0 Å². The van der Waals surface area contributed by atoms with Gasteiger partial charge in [-0.05, 0) is 0 Å². The van der Waals surface area contributed by atoms with Crippen molar-refractivity contribution in [2.75, 3.05) is 13.2 Å². The summed E-state index contributed by atoms with van der Waals surface area (Å²) in [7, 11) is 0. The molecule has 1 aromatic carbocycles. The Balaban J connectivity index is 1.82. The van der Waals surface area contributed by atoms with E-state index in [-0.39, 0.29) is 0 Å². The summed E-state index contributed by atoms with van der Waals surface area (Å²) < 4.78 is 13.1. The molecule has 0 spiro atoms. The van der Waals surface area contributed by atoms with Crippen molar-refractivity contribution in [1.82, 2.24) is 0 Å². The van der Waals surface area contributed by atoms with Crippen LogP contribution in [0.25, 0.3) is 0 Å². The zero-order valence-corrected chi connectivity index (χ0v) is 14.4. The van der Waals surface area contributed by atoms with Crippen LogP contribution in [0.4, 0.5) is 0 Å². The van der Waals surface area contributed by atoms with Crippen LogP contribution >= 0.6 is 0 Å². The van der Waals surface area contributed by atoms with Gasteiger partial charge in [0, 0.05) is 0 Å². The average molecular weight is 354 g/mol. The van der Waals surface area contributed by atoms with E-state index in [4.69, 9.17) is 9.47 Å². The Labute approximate surface area is 117 Å². The fourth-order valence-electron chi connectivity index (χ4n) is 2.26. The van der Waals surface area contributed by atoms with Gasteiger partial charge in [-0.3, -0.25) is 0 Å². The minimum absolute atomic E-state index is 0.845. The zero-order valence-electron chi connectivity index (χ0n) is 11.5. The molecule has 1 radical (unpaired) electrons. The Morgan fingerprint density at radius 3 is 3.00 bits per heavy atom. The van der Waals surface area contributed by atoms with Crippen molar-refractivity contribution in [3.63, 3.8) is 0 Å². The van der Waals surface area contributed by atoms with Crippen LogP contribution in [-0.4, -0.2) is 33.0 Å². The summed E-state index contributed by atoms with van der Waals surface area (Å²) in [6.45, 7) is 1.70. The van der Waals surface area contributed by atoms with Gasteiger partial charge in [-0.2, -0.15) is 0 Å². The molecule has 1 aliphatic rings. The predicted octanol–water partition coefficient (Wildman–Crippen LogP) is 3.93. The Hall–Kier alpha value is -0.381. The van der Waals surface area contributed by atoms with Gasteiger partial charge in [0.05, 0.1) is 0 Å². The predicted molar refractivity (Wildman–Crippen MR) is 77.3 cm³/mol. The average Bonchev–Trinajstić information content (AvgIpc) is 2.38. The molecule has 2 rings (SSSR count). The van der Waals surface area contributed by atoms with E-state index in [1.54, 1.807) is 0 Å². The SMILES string of the molecule is [CH3][Sn]([CH3])[CH2]CCCOc1cccc2c1CCCO2. The molecule has 99 valence electrons. The Bertz CT molecular complexity index is 377. The van der Waals surface area contributed by atoms with Gasteiger partial charge in [-0.25, -0.2) is 0 Å². The Kier molecular flexibility index (Phi) is 5.67. The third-order valence-electron chi connectivity index (χ3n) is 3.25. The molecule has 0 amide bonds. The number of rotatable bonds is 6. The first-order valence-corrected chi connectivity index (χ1v) is 14.7. The van der Waals surface area contributed by atoms with Crippen LogP contribution in [0.3, 0.4) is 0 Å². The maximum atomic E-state index is 5.93. The molecule has 0 saturated carbocycles. The second-order valence-corrected chi connectivity index (χ2v) is 13.5. The van der Waals surface area contributed by atoms with Crippen LogP contribution in [0.1, 0.15) is 24.8 Å². The second-order valence-electron chi connectivity index (χ2n) is 5.20. The third-order valence-corrected chi connectivity index (χ3v) is 7.11. The van der Waals surface area contributed by atoms with Crippen LogP contribution in [-0.2, 0) is 6.42 Å². The molecule has 2 nitrogen and oxygen atoms in total. The molecule has 18 heavy (non-hydrogen) atoms. The number of unbranched alkanes of at least 4 members (excludes halogenated alkanes) is 1. The first-order chi connectivity index (χ1) is 8.77. The van der Waals surface area contributed by atoms with E-state index in [1.165, 1.54) is 22.8 Å². The Morgan fingerprint density at radius 1 is 1.28 bits per heavy atom. The summed E-state index contributed by atoms with van der Waals surface area (Å²) in [5, 5.41) is 0. The number of ether oxygens (including phenoxy) is 2. The normalized spacial score (nSPS) is 14.2. The molecular weight excluding hydrogens is 331 g/mol. The number of benzene rings is 1. The molecule has 0 bridgehead atoms. The standard InChI is InChI=1S/C13H17O2.2CH3.Sn/c1-2-3-9-14-12-7-4-8-13-11(12)6-5-10-15-13;;;/h4,7-8H,1-3,5-6,9-10H2;2*1H3;. The van der Waals surface area contributed by atoms with Crippen LogP contribution < -0.4 is 9.47 Å². The van der Waals surface area contributed by atoms with Gasteiger partial charge in [0.15, 0.2) is 0 Å². The topological polar surface area (TPSA) is 18.5 Å². The van der Waals surface area contributed by atoms with Crippen molar-refractivity contribution < 1.29 is 9.47 Å². The van der Waals surface area contributed by atoms with E-state index in [2.05, 4.69) is 15.9 Å². The van der Waals surface area contributed by atoms with Gasteiger partial charge in [-0.15, -0.1) is 0 Å². The van der Waals surface area contributed by atoms with Crippen molar-refractivity contribution >= 4 is 19.8 Å². The second kappa shape index (κ2) is 7.27. The minimum atomic E-state index is -0.872. The van der Waals surface area contributed by atoms with Gasteiger partial charge in [-0.1, -0.05) is 0 Å². The van der Waals surface area contributed by atoms with Crippen LogP contribution in [0, 0.1) is 0 Å².